The Labute approximate surface area is 149 Å². The van der Waals surface area contributed by atoms with E-state index in [9.17, 15) is 26.0 Å². The lowest BCUT2D eigenvalue weighted by molar-refractivity contribution is -0.391. The summed E-state index contributed by atoms with van der Waals surface area (Å²) >= 11 is 1.07. The van der Waals surface area contributed by atoms with E-state index >= 15 is 0 Å². The van der Waals surface area contributed by atoms with Crippen LogP contribution in [0.1, 0.15) is 11.8 Å². The van der Waals surface area contributed by atoms with E-state index in [2.05, 4.69) is 13.9 Å². The maximum absolute atomic E-state index is 13.3. The number of nitrogens with zero attached hydrogens (tertiary/aromatic N) is 2. The summed E-state index contributed by atoms with van der Waals surface area (Å²) in [5, 5.41) is 0. The van der Waals surface area contributed by atoms with Gasteiger partial charge in [0.15, 0.2) is 11.5 Å². The molecule has 3 rings (SSSR count). The van der Waals surface area contributed by atoms with Crippen molar-refractivity contribution >= 4 is 21.4 Å². The molecule has 0 bridgehead atoms. The summed E-state index contributed by atoms with van der Waals surface area (Å²) in [5.74, 6) is -1.37. The Kier molecular flexibility index (Phi) is 4.30. The maximum Gasteiger partial charge on any atom is 0.507 e. The van der Waals surface area contributed by atoms with E-state index in [0.29, 0.717) is 4.88 Å². The van der Waals surface area contributed by atoms with Crippen LogP contribution in [0.2, 0.25) is 0 Å². The van der Waals surface area contributed by atoms with Gasteiger partial charge in [-0.25, -0.2) is 8.42 Å². The van der Waals surface area contributed by atoms with Gasteiger partial charge in [0.25, 0.3) is 10.0 Å². The topological polar surface area (TPSA) is 69.9 Å². The first-order valence-corrected chi connectivity index (χ1v) is 9.62. The molecule has 1 aromatic carbocycles. The van der Waals surface area contributed by atoms with Crippen LogP contribution in [-0.4, -0.2) is 31.0 Å². The van der Waals surface area contributed by atoms with Crippen LogP contribution in [0, 0.1) is 6.92 Å². The minimum absolute atomic E-state index is 0.0816. The molecule has 0 amide bonds. The fourth-order valence-electron chi connectivity index (χ4n) is 2.09. The molecule has 2 heterocycles. The summed E-state index contributed by atoms with van der Waals surface area (Å²) < 4.78 is 89.7. The molecule has 12 heteroatoms. The second-order valence-electron chi connectivity index (χ2n) is 5.32. The molecule has 0 N–H and O–H groups in total. The number of hydrogen-bond donors (Lipinski definition) is 0. The Hall–Kier alpha value is -2.08. The summed E-state index contributed by atoms with van der Waals surface area (Å²) in [6.07, 6.45) is -8.11. The van der Waals surface area contributed by atoms with E-state index in [1.807, 2.05) is 0 Å². The molecule has 142 valence electrons. The average Bonchev–Trinajstić information content (AvgIpc) is 2.87. The number of thiazole rings is 1. The first-order valence-electron chi connectivity index (χ1n) is 7.20. The van der Waals surface area contributed by atoms with Gasteiger partial charge >= 0.3 is 12.2 Å². The molecule has 6 nitrogen and oxygen atoms in total. The van der Waals surface area contributed by atoms with Crippen molar-refractivity contribution in [3.8, 4) is 17.2 Å². The van der Waals surface area contributed by atoms with Crippen LogP contribution < -0.4 is 14.3 Å². The molecule has 0 atom stereocenters. The van der Waals surface area contributed by atoms with Gasteiger partial charge in [-0.05, 0) is 26.0 Å². The van der Waals surface area contributed by atoms with Gasteiger partial charge in [-0.3, -0.25) is 4.57 Å². The molecule has 2 aromatic rings. The Morgan fingerprint density at radius 1 is 1.15 bits per heavy atom. The lowest BCUT2D eigenvalue weighted by atomic mass is 10.2. The summed E-state index contributed by atoms with van der Waals surface area (Å²) in [6, 6.07) is 3.37. The van der Waals surface area contributed by atoms with Crippen LogP contribution >= 0.6 is 11.3 Å². The first kappa shape index (κ1) is 18.7. The highest BCUT2D eigenvalue weighted by atomic mass is 32.2. The van der Waals surface area contributed by atoms with Crippen LogP contribution in [0.3, 0.4) is 0 Å². The lowest BCUT2D eigenvalue weighted by Crippen LogP contribution is -2.52. The largest absolute Gasteiger partial charge is 0.507 e. The van der Waals surface area contributed by atoms with E-state index in [1.54, 1.807) is 6.92 Å². The predicted molar refractivity (Wildman–Crippen MR) is 84.6 cm³/mol. The second kappa shape index (κ2) is 5.98. The zero-order valence-electron chi connectivity index (χ0n) is 13.4. The SMILES string of the molecule is CCS(=O)(=O)/N=c1\sc(C)cn1-c1ccc2c(c1)OC(F)(F)C(F)(F)O2. The molecule has 0 saturated carbocycles. The van der Waals surface area contributed by atoms with Gasteiger partial charge in [0.05, 0.1) is 11.4 Å². The minimum Gasteiger partial charge on any atom is -0.421 e. The van der Waals surface area contributed by atoms with Gasteiger partial charge in [0.1, 0.15) is 0 Å². The summed E-state index contributed by atoms with van der Waals surface area (Å²) in [5.41, 5.74) is 0.197. The third kappa shape index (κ3) is 3.30. The molecule has 0 unspecified atom stereocenters. The highest BCUT2D eigenvalue weighted by Gasteiger charge is 2.65. The van der Waals surface area contributed by atoms with Crippen LogP contribution in [-0.2, 0) is 10.0 Å². The summed E-state index contributed by atoms with van der Waals surface area (Å²) in [6.45, 7) is 3.13. The molecule has 26 heavy (non-hydrogen) atoms. The van der Waals surface area contributed by atoms with Crippen molar-refractivity contribution in [2.45, 2.75) is 26.1 Å². The zero-order chi connectivity index (χ0) is 19.3. The molecule has 1 aliphatic rings. The van der Waals surface area contributed by atoms with Gasteiger partial charge in [-0.1, -0.05) is 0 Å². The Morgan fingerprint density at radius 3 is 2.38 bits per heavy atom. The van der Waals surface area contributed by atoms with Gasteiger partial charge < -0.3 is 9.47 Å². The van der Waals surface area contributed by atoms with Crippen molar-refractivity contribution in [1.29, 1.82) is 0 Å². The lowest BCUT2D eigenvalue weighted by Gasteiger charge is -2.31. The van der Waals surface area contributed by atoms with Crippen molar-refractivity contribution in [2.24, 2.45) is 4.40 Å². The molecule has 0 radical (unpaired) electrons. The number of hydrogen-bond acceptors (Lipinski definition) is 5. The minimum atomic E-state index is -4.84. The predicted octanol–water partition coefficient (Wildman–Crippen LogP) is 3.05. The smallest absolute Gasteiger partial charge is 0.421 e. The highest BCUT2D eigenvalue weighted by Crippen LogP contribution is 2.47. The zero-order valence-corrected chi connectivity index (χ0v) is 15.0. The van der Waals surface area contributed by atoms with Crippen LogP contribution in [0.4, 0.5) is 17.6 Å². The van der Waals surface area contributed by atoms with Crippen LogP contribution in [0.25, 0.3) is 5.69 Å². The Balaban J connectivity index is 2.12. The highest BCUT2D eigenvalue weighted by molar-refractivity contribution is 7.90. The molecular weight excluding hydrogens is 400 g/mol. The van der Waals surface area contributed by atoms with Crippen LogP contribution in [0.15, 0.2) is 28.8 Å². The number of aromatic nitrogens is 1. The van der Waals surface area contributed by atoms with Crippen molar-refractivity contribution in [3.63, 3.8) is 0 Å². The van der Waals surface area contributed by atoms with Gasteiger partial charge in [-0.15, -0.1) is 15.7 Å². The van der Waals surface area contributed by atoms with E-state index in [0.717, 1.165) is 23.5 Å². The van der Waals surface area contributed by atoms with Crippen molar-refractivity contribution in [1.82, 2.24) is 4.57 Å². The number of fused-ring (bicyclic) bond motifs is 1. The van der Waals surface area contributed by atoms with Gasteiger partial charge in [0.2, 0.25) is 4.80 Å². The van der Waals surface area contributed by atoms with E-state index in [-0.39, 0.29) is 16.2 Å². The molecule has 1 aromatic heterocycles. The van der Waals surface area contributed by atoms with Gasteiger partial charge in [0, 0.05) is 17.1 Å². The number of benzene rings is 1. The van der Waals surface area contributed by atoms with Crippen molar-refractivity contribution in [3.05, 3.63) is 34.1 Å². The van der Waals surface area contributed by atoms with Gasteiger partial charge in [-0.2, -0.15) is 17.6 Å². The monoisotopic (exact) mass is 412 g/mol. The van der Waals surface area contributed by atoms with E-state index in [4.69, 9.17) is 0 Å². The third-order valence-corrected chi connectivity index (χ3v) is 5.57. The van der Waals surface area contributed by atoms with Crippen molar-refractivity contribution < 1.29 is 35.5 Å². The fraction of sp³-hybridized carbons (Fsp3) is 0.357. The average molecular weight is 412 g/mol. The third-order valence-electron chi connectivity index (χ3n) is 3.37. The molecule has 1 aliphatic heterocycles. The molecule has 0 fully saturated rings. The number of sulfonamides is 1. The standard InChI is InChI=1S/C14H12F4N2O4S2/c1-3-26(21,22)19-12-20(7-8(2)25-12)9-4-5-10-11(6-9)24-14(17,18)13(15,16)23-10/h4-7H,3H2,1-2H3/b19-12-. The fourth-order valence-corrected chi connectivity index (χ4v) is 3.74. The van der Waals surface area contributed by atoms with E-state index < -0.39 is 33.7 Å². The van der Waals surface area contributed by atoms with E-state index in [1.165, 1.54) is 23.8 Å². The second-order valence-corrected chi connectivity index (χ2v) is 8.46. The summed E-state index contributed by atoms with van der Waals surface area (Å²) in [7, 11) is -3.70. The normalized spacial score (nSPS) is 18.8. The number of alkyl halides is 4. The quantitative estimate of drug-likeness (QED) is 0.727. The number of ether oxygens (including phenoxy) is 2. The number of rotatable bonds is 3. The Morgan fingerprint density at radius 2 is 1.77 bits per heavy atom. The maximum atomic E-state index is 13.3. The number of halogens is 4. The molecule has 0 aliphatic carbocycles. The summed E-state index contributed by atoms with van der Waals surface area (Å²) in [4.78, 5) is 0.778. The molecule has 0 saturated heterocycles. The molecular formula is C14H12F4N2O4S2. The van der Waals surface area contributed by atoms with Crippen LogP contribution in [0.5, 0.6) is 11.5 Å². The molecule has 0 spiro atoms. The number of aryl methyl sites for hydroxylation is 1. The van der Waals surface area contributed by atoms with Crippen molar-refractivity contribution in [2.75, 3.05) is 5.75 Å². The first-order chi connectivity index (χ1) is 11.9. The Bertz CT molecular complexity index is 1030.